The van der Waals surface area contributed by atoms with Gasteiger partial charge in [0.15, 0.2) is 0 Å². The van der Waals surface area contributed by atoms with Crippen molar-refractivity contribution in [1.82, 2.24) is 15.3 Å². The van der Waals surface area contributed by atoms with Gasteiger partial charge in [0.25, 0.3) is 0 Å². The van der Waals surface area contributed by atoms with Crippen LogP contribution in [0.3, 0.4) is 0 Å². The van der Waals surface area contributed by atoms with Crippen molar-refractivity contribution in [2.45, 2.75) is 6.92 Å². The van der Waals surface area contributed by atoms with Gasteiger partial charge in [-0.1, -0.05) is 0 Å². The third-order valence-corrected chi connectivity index (χ3v) is 3.48. The van der Waals surface area contributed by atoms with E-state index in [1.165, 1.54) is 12.1 Å². The zero-order valence-corrected chi connectivity index (χ0v) is 11.4. The molecule has 1 aromatic carbocycles. The molecule has 2 heterocycles. The van der Waals surface area contributed by atoms with Crippen molar-refractivity contribution in [3.05, 3.63) is 41.8 Å². The summed E-state index contributed by atoms with van der Waals surface area (Å²) in [6, 6.07) is 6.43. The van der Waals surface area contributed by atoms with Crippen LogP contribution in [0.15, 0.2) is 30.5 Å². The molecule has 1 aliphatic heterocycles. The number of rotatable bonds is 2. The summed E-state index contributed by atoms with van der Waals surface area (Å²) < 4.78 is 13.0. The van der Waals surface area contributed by atoms with E-state index in [-0.39, 0.29) is 5.82 Å². The second-order valence-electron chi connectivity index (χ2n) is 4.95. The highest BCUT2D eigenvalue weighted by Crippen LogP contribution is 2.23. The van der Waals surface area contributed by atoms with Crippen molar-refractivity contribution >= 4 is 5.95 Å². The monoisotopic (exact) mass is 272 g/mol. The number of nitrogens with zero attached hydrogens (tertiary/aromatic N) is 3. The van der Waals surface area contributed by atoms with Gasteiger partial charge in [-0.3, -0.25) is 0 Å². The lowest BCUT2D eigenvalue weighted by Crippen LogP contribution is -2.44. The average molecular weight is 272 g/mol. The van der Waals surface area contributed by atoms with E-state index in [1.54, 1.807) is 12.1 Å². The van der Waals surface area contributed by atoms with E-state index >= 15 is 0 Å². The minimum absolute atomic E-state index is 0.234. The van der Waals surface area contributed by atoms with E-state index in [2.05, 4.69) is 20.2 Å². The molecule has 0 bridgehead atoms. The fourth-order valence-corrected chi connectivity index (χ4v) is 2.35. The lowest BCUT2D eigenvalue weighted by molar-refractivity contribution is 0.580. The Balaban J connectivity index is 1.95. The first-order valence-corrected chi connectivity index (χ1v) is 6.79. The fraction of sp³-hybridized carbons (Fsp3) is 0.333. The molecular formula is C15H17FN4. The van der Waals surface area contributed by atoms with Gasteiger partial charge in [-0.05, 0) is 36.8 Å². The molecule has 0 aliphatic carbocycles. The molecule has 1 saturated heterocycles. The van der Waals surface area contributed by atoms with Crippen molar-refractivity contribution in [1.29, 1.82) is 0 Å². The van der Waals surface area contributed by atoms with Crippen LogP contribution in [0.1, 0.15) is 5.56 Å². The maximum absolute atomic E-state index is 13.0. The molecule has 0 amide bonds. The lowest BCUT2D eigenvalue weighted by Gasteiger charge is -2.27. The first-order chi connectivity index (χ1) is 9.74. The molecule has 20 heavy (non-hydrogen) atoms. The van der Waals surface area contributed by atoms with Gasteiger partial charge in [0.05, 0.1) is 5.69 Å². The minimum Gasteiger partial charge on any atom is -0.338 e. The maximum atomic E-state index is 13.0. The van der Waals surface area contributed by atoms with Crippen LogP contribution in [-0.2, 0) is 0 Å². The molecule has 0 saturated carbocycles. The van der Waals surface area contributed by atoms with Gasteiger partial charge in [0, 0.05) is 37.9 Å². The molecule has 4 nitrogen and oxygen atoms in total. The smallest absolute Gasteiger partial charge is 0.225 e. The Kier molecular flexibility index (Phi) is 3.60. The Bertz CT molecular complexity index is 591. The van der Waals surface area contributed by atoms with Crippen LogP contribution in [-0.4, -0.2) is 36.1 Å². The number of hydrogen-bond acceptors (Lipinski definition) is 4. The van der Waals surface area contributed by atoms with Gasteiger partial charge in [-0.15, -0.1) is 0 Å². The van der Waals surface area contributed by atoms with Crippen LogP contribution >= 0.6 is 0 Å². The summed E-state index contributed by atoms with van der Waals surface area (Å²) in [4.78, 5) is 11.2. The number of halogens is 1. The zero-order chi connectivity index (χ0) is 13.9. The molecule has 1 aliphatic rings. The Morgan fingerprint density at radius 1 is 1.15 bits per heavy atom. The topological polar surface area (TPSA) is 41.1 Å². The predicted molar refractivity (Wildman–Crippen MR) is 77.2 cm³/mol. The van der Waals surface area contributed by atoms with E-state index in [4.69, 9.17) is 0 Å². The third kappa shape index (κ3) is 2.63. The van der Waals surface area contributed by atoms with Crippen LogP contribution in [0.4, 0.5) is 10.3 Å². The van der Waals surface area contributed by atoms with Crippen molar-refractivity contribution < 1.29 is 4.39 Å². The van der Waals surface area contributed by atoms with Crippen LogP contribution in [0.25, 0.3) is 11.3 Å². The van der Waals surface area contributed by atoms with E-state index in [0.29, 0.717) is 0 Å². The van der Waals surface area contributed by atoms with Gasteiger partial charge in [-0.2, -0.15) is 0 Å². The molecule has 0 unspecified atom stereocenters. The summed E-state index contributed by atoms with van der Waals surface area (Å²) in [5, 5.41) is 3.31. The van der Waals surface area contributed by atoms with E-state index in [9.17, 15) is 4.39 Å². The standard InChI is InChI=1S/C15H17FN4/c1-11-10-18-15(20-8-6-17-7-9-20)19-14(11)12-2-4-13(16)5-3-12/h2-5,10,17H,6-9H2,1H3. The molecule has 1 aromatic heterocycles. The van der Waals surface area contributed by atoms with Crippen molar-refractivity contribution in [2.75, 3.05) is 31.1 Å². The second kappa shape index (κ2) is 5.54. The normalized spacial score (nSPS) is 15.4. The average Bonchev–Trinajstić information content (AvgIpc) is 2.50. The Hall–Kier alpha value is -2.01. The van der Waals surface area contributed by atoms with Crippen LogP contribution < -0.4 is 10.2 Å². The van der Waals surface area contributed by atoms with Crippen LogP contribution in [0, 0.1) is 12.7 Å². The molecule has 1 fully saturated rings. The molecule has 3 rings (SSSR count). The van der Waals surface area contributed by atoms with Crippen molar-refractivity contribution in [2.24, 2.45) is 0 Å². The number of piperazine rings is 1. The van der Waals surface area contributed by atoms with E-state index in [0.717, 1.165) is 48.9 Å². The molecule has 5 heteroatoms. The largest absolute Gasteiger partial charge is 0.338 e. The predicted octanol–water partition coefficient (Wildman–Crippen LogP) is 2.00. The summed E-state index contributed by atoms with van der Waals surface area (Å²) in [6.45, 7) is 5.68. The quantitative estimate of drug-likeness (QED) is 0.908. The summed E-state index contributed by atoms with van der Waals surface area (Å²) >= 11 is 0. The Labute approximate surface area is 117 Å². The van der Waals surface area contributed by atoms with Gasteiger partial charge in [0.1, 0.15) is 5.82 Å². The van der Waals surface area contributed by atoms with Crippen LogP contribution in [0.2, 0.25) is 0 Å². The molecule has 104 valence electrons. The lowest BCUT2D eigenvalue weighted by atomic mass is 10.1. The van der Waals surface area contributed by atoms with Crippen LogP contribution in [0.5, 0.6) is 0 Å². The summed E-state index contributed by atoms with van der Waals surface area (Å²) in [7, 11) is 0. The van der Waals surface area contributed by atoms with Gasteiger partial charge in [0.2, 0.25) is 5.95 Å². The molecule has 0 atom stereocenters. The number of benzene rings is 1. The van der Waals surface area contributed by atoms with E-state index < -0.39 is 0 Å². The SMILES string of the molecule is Cc1cnc(N2CCNCC2)nc1-c1ccc(F)cc1. The summed E-state index contributed by atoms with van der Waals surface area (Å²) in [5.41, 5.74) is 2.78. The van der Waals surface area contributed by atoms with Crippen molar-refractivity contribution in [3.63, 3.8) is 0 Å². The molecule has 1 N–H and O–H groups in total. The highest BCUT2D eigenvalue weighted by molar-refractivity contribution is 5.63. The van der Waals surface area contributed by atoms with Gasteiger partial charge < -0.3 is 10.2 Å². The number of anilines is 1. The fourth-order valence-electron chi connectivity index (χ4n) is 2.35. The zero-order valence-electron chi connectivity index (χ0n) is 11.4. The number of nitrogens with one attached hydrogen (secondary N) is 1. The molecular weight excluding hydrogens is 255 g/mol. The first kappa shape index (κ1) is 13.0. The Morgan fingerprint density at radius 3 is 2.55 bits per heavy atom. The van der Waals surface area contributed by atoms with Gasteiger partial charge >= 0.3 is 0 Å². The number of hydrogen-bond donors (Lipinski definition) is 1. The highest BCUT2D eigenvalue weighted by atomic mass is 19.1. The number of aromatic nitrogens is 2. The Morgan fingerprint density at radius 2 is 1.85 bits per heavy atom. The third-order valence-electron chi connectivity index (χ3n) is 3.48. The maximum Gasteiger partial charge on any atom is 0.225 e. The summed E-state index contributed by atoms with van der Waals surface area (Å²) in [6.07, 6.45) is 1.84. The molecule has 0 spiro atoms. The minimum atomic E-state index is -0.234. The van der Waals surface area contributed by atoms with Gasteiger partial charge in [-0.25, -0.2) is 14.4 Å². The van der Waals surface area contributed by atoms with E-state index in [1.807, 2.05) is 13.1 Å². The molecule has 2 aromatic rings. The second-order valence-corrected chi connectivity index (χ2v) is 4.95. The van der Waals surface area contributed by atoms with Crippen molar-refractivity contribution in [3.8, 4) is 11.3 Å². The highest BCUT2D eigenvalue weighted by Gasteiger charge is 2.15. The summed E-state index contributed by atoms with van der Waals surface area (Å²) in [5.74, 6) is 0.513. The first-order valence-electron chi connectivity index (χ1n) is 6.79. The number of aryl methyl sites for hydroxylation is 1. The molecule has 0 radical (unpaired) electrons.